The van der Waals surface area contributed by atoms with E-state index in [4.69, 9.17) is 0 Å². The molecule has 1 saturated heterocycles. The van der Waals surface area contributed by atoms with Crippen LogP contribution in [-0.2, 0) is 0 Å². The zero-order valence-electron chi connectivity index (χ0n) is 13.4. The standard InChI is InChI=1S/C17H34N2/c1-4-10-15-13-19(16-11-8-7-9-12-16)17(5-2,6-3)14-18-15/h15-16,18H,4-14H2,1-3H3. The van der Waals surface area contributed by atoms with Gasteiger partial charge in [-0.05, 0) is 32.1 Å². The zero-order chi connectivity index (χ0) is 13.7. The minimum Gasteiger partial charge on any atom is -0.311 e. The van der Waals surface area contributed by atoms with Crippen LogP contribution < -0.4 is 5.32 Å². The molecule has 2 nitrogen and oxygen atoms in total. The Hall–Kier alpha value is -0.0800. The molecular formula is C17H34N2. The second kappa shape index (κ2) is 7.08. The zero-order valence-corrected chi connectivity index (χ0v) is 13.4. The molecule has 19 heavy (non-hydrogen) atoms. The lowest BCUT2D eigenvalue weighted by Gasteiger charge is -2.54. The van der Waals surface area contributed by atoms with Gasteiger partial charge in [-0.1, -0.05) is 46.5 Å². The van der Waals surface area contributed by atoms with E-state index in [1.807, 2.05) is 0 Å². The molecule has 1 saturated carbocycles. The highest BCUT2D eigenvalue weighted by molar-refractivity contribution is 5.00. The largest absolute Gasteiger partial charge is 0.311 e. The maximum atomic E-state index is 3.84. The van der Waals surface area contributed by atoms with Crippen LogP contribution in [0.2, 0.25) is 0 Å². The fraction of sp³-hybridized carbons (Fsp3) is 1.00. The minimum atomic E-state index is 0.437. The van der Waals surface area contributed by atoms with Gasteiger partial charge in [-0.2, -0.15) is 0 Å². The van der Waals surface area contributed by atoms with Crippen LogP contribution in [0.1, 0.15) is 78.6 Å². The summed E-state index contributed by atoms with van der Waals surface area (Å²) in [6.07, 6.45) is 12.5. The van der Waals surface area contributed by atoms with E-state index in [-0.39, 0.29) is 0 Å². The predicted molar refractivity (Wildman–Crippen MR) is 83.6 cm³/mol. The lowest BCUT2D eigenvalue weighted by Crippen LogP contribution is -2.66. The number of nitrogens with one attached hydrogen (secondary N) is 1. The Morgan fingerprint density at radius 1 is 1.05 bits per heavy atom. The third-order valence-corrected chi connectivity index (χ3v) is 5.71. The van der Waals surface area contributed by atoms with Crippen molar-refractivity contribution in [3.63, 3.8) is 0 Å². The van der Waals surface area contributed by atoms with Crippen molar-refractivity contribution in [3.05, 3.63) is 0 Å². The van der Waals surface area contributed by atoms with Gasteiger partial charge in [-0.3, -0.25) is 4.90 Å². The quantitative estimate of drug-likeness (QED) is 0.810. The van der Waals surface area contributed by atoms with Crippen molar-refractivity contribution in [1.29, 1.82) is 0 Å². The fourth-order valence-corrected chi connectivity index (χ4v) is 4.31. The van der Waals surface area contributed by atoms with Crippen LogP contribution in [0.15, 0.2) is 0 Å². The second-order valence-electron chi connectivity index (χ2n) is 6.74. The molecule has 1 N–H and O–H groups in total. The molecule has 1 atom stereocenters. The second-order valence-corrected chi connectivity index (χ2v) is 6.74. The molecule has 0 bridgehead atoms. The molecule has 0 spiro atoms. The summed E-state index contributed by atoms with van der Waals surface area (Å²) in [4.78, 5) is 2.93. The normalized spacial score (nSPS) is 29.5. The molecule has 0 radical (unpaired) electrons. The Kier molecular flexibility index (Phi) is 5.70. The SMILES string of the molecule is CCCC1CN(C2CCCCC2)C(CC)(CC)CN1. The molecule has 2 aliphatic rings. The highest BCUT2D eigenvalue weighted by Gasteiger charge is 2.42. The van der Waals surface area contributed by atoms with E-state index in [0.717, 1.165) is 12.1 Å². The summed E-state index contributed by atoms with van der Waals surface area (Å²) < 4.78 is 0. The summed E-state index contributed by atoms with van der Waals surface area (Å²) >= 11 is 0. The molecule has 112 valence electrons. The van der Waals surface area contributed by atoms with Gasteiger partial charge in [0, 0.05) is 30.7 Å². The van der Waals surface area contributed by atoms with Gasteiger partial charge in [0.1, 0.15) is 0 Å². The van der Waals surface area contributed by atoms with Crippen LogP contribution in [0.3, 0.4) is 0 Å². The minimum absolute atomic E-state index is 0.437. The molecule has 1 aliphatic carbocycles. The molecule has 1 heterocycles. The summed E-state index contributed by atoms with van der Waals surface area (Å²) in [7, 11) is 0. The molecule has 0 aromatic rings. The Balaban J connectivity index is 2.09. The molecule has 0 aromatic heterocycles. The third kappa shape index (κ3) is 3.33. The fourth-order valence-electron chi connectivity index (χ4n) is 4.31. The molecule has 1 unspecified atom stereocenters. The number of hydrogen-bond donors (Lipinski definition) is 1. The van der Waals surface area contributed by atoms with E-state index in [1.165, 1.54) is 70.9 Å². The van der Waals surface area contributed by atoms with Gasteiger partial charge in [0.15, 0.2) is 0 Å². The average Bonchev–Trinajstić information content (AvgIpc) is 2.49. The van der Waals surface area contributed by atoms with Crippen LogP contribution in [0.4, 0.5) is 0 Å². The molecule has 2 heteroatoms. The van der Waals surface area contributed by atoms with Crippen molar-refractivity contribution >= 4 is 0 Å². The number of piperazine rings is 1. The van der Waals surface area contributed by atoms with Gasteiger partial charge < -0.3 is 5.32 Å². The van der Waals surface area contributed by atoms with Crippen LogP contribution in [0.5, 0.6) is 0 Å². The molecule has 2 fully saturated rings. The van der Waals surface area contributed by atoms with Crippen molar-refractivity contribution in [3.8, 4) is 0 Å². The summed E-state index contributed by atoms with van der Waals surface area (Å²) in [5, 5.41) is 3.84. The van der Waals surface area contributed by atoms with Gasteiger partial charge >= 0.3 is 0 Å². The monoisotopic (exact) mass is 266 g/mol. The summed E-state index contributed by atoms with van der Waals surface area (Å²) in [5.74, 6) is 0. The summed E-state index contributed by atoms with van der Waals surface area (Å²) in [5.41, 5.74) is 0.437. The number of rotatable bonds is 5. The van der Waals surface area contributed by atoms with Crippen LogP contribution >= 0.6 is 0 Å². The van der Waals surface area contributed by atoms with Crippen molar-refractivity contribution in [2.24, 2.45) is 0 Å². The van der Waals surface area contributed by atoms with Crippen molar-refractivity contribution in [1.82, 2.24) is 10.2 Å². The van der Waals surface area contributed by atoms with Gasteiger partial charge in [-0.25, -0.2) is 0 Å². The van der Waals surface area contributed by atoms with Crippen LogP contribution in [0, 0.1) is 0 Å². The Morgan fingerprint density at radius 3 is 2.32 bits per heavy atom. The maximum Gasteiger partial charge on any atom is 0.0332 e. The summed E-state index contributed by atoms with van der Waals surface area (Å²) in [6.45, 7) is 9.60. The lowest BCUT2D eigenvalue weighted by molar-refractivity contribution is -0.0179. The first-order chi connectivity index (χ1) is 9.25. The molecule has 1 aliphatic heterocycles. The smallest absolute Gasteiger partial charge is 0.0332 e. The van der Waals surface area contributed by atoms with Gasteiger partial charge in [0.05, 0.1) is 0 Å². The van der Waals surface area contributed by atoms with E-state index in [9.17, 15) is 0 Å². The first kappa shape index (κ1) is 15.3. The van der Waals surface area contributed by atoms with Crippen molar-refractivity contribution in [2.45, 2.75) is 96.2 Å². The lowest BCUT2D eigenvalue weighted by atomic mass is 9.82. The van der Waals surface area contributed by atoms with E-state index in [0.29, 0.717) is 5.54 Å². The molecule has 2 rings (SSSR count). The van der Waals surface area contributed by atoms with Gasteiger partial charge in [0.25, 0.3) is 0 Å². The number of hydrogen-bond acceptors (Lipinski definition) is 2. The summed E-state index contributed by atoms with van der Waals surface area (Å²) in [6, 6.07) is 1.60. The van der Waals surface area contributed by atoms with E-state index in [1.54, 1.807) is 0 Å². The molecular weight excluding hydrogens is 232 g/mol. The average molecular weight is 266 g/mol. The van der Waals surface area contributed by atoms with E-state index >= 15 is 0 Å². The first-order valence-electron chi connectivity index (χ1n) is 8.76. The molecule has 0 aromatic carbocycles. The van der Waals surface area contributed by atoms with Crippen LogP contribution in [-0.4, -0.2) is 35.6 Å². The van der Waals surface area contributed by atoms with Crippen molar-refractivity contribution in [2.75, 3.05) is 13.1 Å². The third-order valence-electron chi connectivity index (χ3n) is 5.71. The van der Waals surface area contributed by atoms with E-state index < -0.39 is 0 Å². The predicted octanol–water partition coefficient (Wildman–Crippen LogP) is 3.95. The van der Waals surface area contributed by atoms with Gasteiger partial charge in [-0.15, -0.1) is 0 Å². The number of nitrogens with zero attached hydrogens (tertiary/aromatic N) is 1. The van der Waals surface area contributed by atoms with Crippen molar-refractivity contribution < 1.29 is 0 Å². The highest BCUT2D eigenvalue weighted by Crippen LogP contribution is 2.34. The highest BCUT2D eigenvalue weighted by atomic mass is 15.3. The maximum absolute atomic E-state index is 3.84. The van der Waals surface area contributed by atoms with Crippen LogP contribution in [0.25, 0.3) is 0 Å². The first-order valence-corrected chi connectivity index (χ1v) is 8.76. The topological polar surface area (TPSA) is 15.3 Å². The Bertz CT molecular complexity index is 254. The van der Waals surface area contributed by atoms with E-state index in [2.05, 4.69) is 31.0 Å². The Morgan fingerprint density at radius 2 is 1.74 bits per heavy atom. The van der Waals surface area contributed by atoms with Gasteiger partial charge in [0.2, 0.25) is 0 Å². The Labute approximate surface area is 120 Å². The molecule has 0 amide bonds.